The van der Waals surface area contributed by atoms with Crippen molar-refractivity contribution in [2.24, 2.45) is 5.92 Å². The van der Waals surface area contributed by atoms with Crippen LogP contribution in [0.4, 0.5) is 5.82 Å². The van der Waals surface area contributed by atoms with Gasteiger partial charge < -0.3 is 19.3 Å². The van der Waals surface area contributed by atoms with Crippen LogP contribution in [0.5, 0.6) is 11.5 Å². The van der Waals surface area contributed by atoms with Crippen LogP contribution in [0.2, 0.25) is 0 Å². The molecule has 2 saturated heterocycles. The number of piperidine rings is 1. The first-order valence-electron chi connectivity index (χ1n) is 10.4. The standard InChI is InChI=1S/C23H29N3O3/c1-28-18-10-11-19(21(15-18)29-2)20-8-6-14-26(20)23(27)17-7-5-13-25(16-17)22-9-3-4-12-24-22/h3-4,9-12,15,17,20H,5-8,13-14,16H2,1-2H3. The first-order valence-corrected chi connectivity index (χ1v) is 10.4. The molecule has 0 bridgehead atoms. The van der Waals surface area contributed by atoms with Gasteiger partial charge in [-0.25, -0.2) is 4.98 Å². The lowest BCUT2D eigenvalue weighted by Gasteiger charge is -2.36. The van der Waals surface area contributed by atoms with Crippen LogP contribution >= 0.6 is 0 Å². The molecule has 0 saturated carbocycles. The Balaban J connectivity index is 1.52. The minimum Gasteiger partial charge on any atom is -0.497 e. The fourth-order valence-electron chi connectivity index (χ4n) is 4.61. The highest BCUT2D eigenvalue weighted by atomic mass is 16.5. The molecule has 0 aliphatic carbocycles. The quantitative estimate of drug-likeness (QED) is 0.773. The molecule has 6 heteroatoms. The number of amides is 1. The summed E-state index contributed by atoms with van der Waals surface area (Å²) < 4.78 is 10.9. The van der Waals surface area contributed by atoms with Gasteiger partial charge in [-0.1, -0.05) is 6.07 Å². The SMILES string of the molecule is COc1ccc(C2CCCN2C(=O)C2CCCN(c3ccccn3)C2)c(OC)c1. The van der Waals surface area contributed by atoms with Gasteiger partial charge in [0, 0.05) is 37.5 Å². The lowest BCUT2D eigenvalue weighted by molar-refractivity contribution is -0.136. The Hall–Kier alpha value is -2.76. The van der Waals surface area contributed by atoms with E-state index in [2.05, 4.69) is 14.8 Å². The van der Waals surface area contributed by atoms with Crippen LogP contribution in [0.1, 0.15) is 37.3 Å². The van der Waals surface area contributed by atoms with E-state index in [4.69, 9.17) is 9.47 Å². The predicted octanol–water partition coefficient (Wildman–Crippen LogP) is 3.68. The van der Waals surface area contributed by atoms with Gasteiger partial charge in [-0.3, -0.25) is 4.79 Å². The van der Waals surface area contributed by atoms with E-state index in [9.17, 15) is 4.79 Å². The number of rotatable bonds is 5. The van der Waals surface area contributed by atoms with E-state index in [-0.39, 0.29) is 17.9 Å². The number of anilines is 1. The van der Waals surface area contributed by atoms with Gasteiger partial charge in [0.25, 0.3) is 0 Å². The third kappa shape index (κ3) is 4.02. The molecule has 0 N–H and O–H groups in total. The molecular formula is C23H29N3O3. The van der Waals surface area contributed by atoms with Gasteiger partial charge in [-0.2, -0.15) is 0 Å². The summed E-state index contributed by atoms with van der Waals surface area (Å²) in [6, 6.07) is 11.9. The van der Waals surface area contributed by atoms with Crippen LogP contribution in [0.25, 0.3) is 0 Å². The Morgan fingerprint density at radius 2 is 1.93 bits per heavy atom. The van der Waals surface area contributed by atoms with Crippen molar-refractivity contribution in [3.05, 3.63) is 48.2 Å². The first kappa shape index (κ1) is 19.6. The molecule has 1 aromatic heterocycles. The monoisotopic (exact) mass is 395 g/mol. The number of nitrogens with zero attached hydrogens (tertiary/aromatic N) is 3. The summed E-state index contributed by atoms with van der Waals surface area (Å²) in [7, 11) is 3.32. The van der Waals surface area contributed by atoms with Gasteiger partial charge in [-0.15, -0.1) is 0 Å². The molecule has 2 fully saturated rings. The molecule has 0 radical (unpaired) electrons. The maximum Gasteiger partial charge on any atom is 0.227 e. The average molecular weight is 396 g/mol. The molecule has 0 spiro atoms. The fraction of sp³-hybridized carbons (Fsp3) is 0.478. The van der Waals surface area contributed by atoms with E-state index in [0.717, 1.165) is 68.2 Å². The summed E-state index contributed by atoms with van der Waals surface area (Å²) in [6.45, 7) is 2.49. The number of benzene rings is 1. The molecular weight excluding hydrogens is 366 g/mol. The highest BCUT2D eigenvalue weighted by Crippen LogP contribution is 2.40. The maximum atomic E-state index is 13.5. The second-order valence-corrected chi connectivity index (χ2v) is 7.77. The van der Waals surface area contributed by atoms with Crippen LogP contribution in [-0.4, -0.2) is 49.6 Å². The topological polar surface area (TPSA) is 54.9 Å². The lowest BCUT2D eigenvalue weighted by Crippen LogP contribution is -2.45. The van der Waals surface area contributed by atoms with E-state index in [0.29, 0.717) is 0 Å². The summed E-state index contributed by atoms with van der Waals surface area (Å²) in [4.78, 5) is 22.3. The third-order valence-electron chi connectivity index (χ3n) is 6.08. The minimum atomic E-state index is 0.00981. The van der Waals surface area contributed by atoms with Crippen LogP contribution in [0.15, 0.2) is 42.6 Å². The number of carbonyl (C=O) groups is 1. The average Bonchev–Trinajstić information content (AvgIpc) is 3.28. The van der Waals surface area contributed by atoms with Crippen molar-refractivity contribution in [1.29, 1.82) is 0 Å². The summed E-state index contributed by atoms with van der Waals surface area (Å²) >= 11 is 0. The Morgan fingerprint density at radius 1 is 1.07 bits per heavy atom. The van der Waals surface area contributed by atoms with Crippen LogP contribution < -0.4 is 14.4 Å². The van der Waals surface area contributed by atoms with Gasteiger partial charge in [0.2, 0.25) is 5.91 Å². The molecule has 2 aromatic rings. The molecule has 2 unspecified atom stereocenters. The summed E-state index contributed by atoms with van der Waals surface area (Å²) in [5.74, 6) is 2.77. The van der Waals surface area contributed by atoms with E-state index >= 15 is 0 Å². The highest BCUT2D eigenvalue weighted by Gasteiger charge is 2.37. The molecule has 1 amide bonds. The number of pyridine rings is 1. The zero-order valence-corrected chi connectivity index (χ0v) is 17.2. The smallest absolute Gasteiger partial charge is 0.227 e. The van der Waals surface area contributed by atoms with Crippen molar-refractivity contribution in [2.45, 2.75) is 31.7 Å². The van der Waals surface area contributed by atoms with Crippen molar-refractivity contribution in [3.8, 4) is 11.5 Å². The number of likely N-dealkylation sites (tertiary alicyclic amines) is 1. The Kier molecular flexibility index (Phi) is 5.88. The minimum absolute atomic E-state index is 0.00981. The number of ether oxygens (including phenoxy) is 2. The number of carbonyl (C=O) groups excluding carboxylic acids is 1. The van der Waals surface area contributed by atoms with Crippen molar-refractivity contribution in [3.63, 3.8) is 0 Å². The molecule has 6 nitrogen and oxygen atoms in total. The number of aromatic nitrogens is 1. The predicted molar refractivity (Wildman–Crippen MR) is 112 cm³/mol. The van der Waals surface area contributed by atoms with E-state index in [1.807, 2.05) is 42.6 Å². The van der Waals surface area contributed by atoms with Crippen molar-refractivity contribution in [1.82, 2.24) is 9.88 Å². The molecule has 3 heterocycles. The summed E-state index contributed by atoms with van der Waals surface area (Å²) in [6.07, 6.45) is 5.74. The Bertz CT molecular complexity index is 843. The molecule has 2 aliphatic heterocycles. The Morgan fingerprint density at radius 3 is 2.69 bits per heavy atom. The molecule has 2 atom stereocenters. The van der Waals surface area contributed by atoms with Gasteiger partial charge in [-0.05, 0) is 49.9 Å². The molecule has 4 rings (SSSR count). The zero-order chi connectivity index (χ0) is 20.2. The second-order valence-electron chi connectivity index (χ2n) is 7.77. The first-order chi connectivity index (χ1) is 14.2. The van der Waals surface area contributed by atoms with Crippen LogP contribution in [0.3, 0.4) is 0 Å². The molecule has 2 aliphatic rings. The largest absolute Gasteiger partial charge is 0.497 e. The number of methoxy groups -OCH3 is 2. The van der Waals surface area contributed by atoms with Gasteiger partial charge in [0.1, 0.15) is 17.3 Å². The molecule has 154 valence electrons. The van der Waals surface area contributed by atoms with Crippen LogP contribution in [-0.2, 0) is 4.79 Å². The van der Waals surface area contributed by atoms with E-state index < -0.39 is 0 Å². The van der Waals surface area contributed by atoms with Gasteiger partial charge in [0.05, 0.1) is 26.2 Å². The van der Waals surface area contributed by atoms with E-state index in [1.165, 1.54) is 0 Å². The lowest BCUT2D eigenvalue weighted by atomic mass is 9.95. The second kappa shape index (κ2) is 8.72. The third-order valence-corrected chi connectivity index (χ3v) is 6.08. The number of hydrogen-bond acceptors (Lipinski definition) is 5. The Labute approximate surface area is 172 Å². The number of hydrogen-bond donors (Lipinski definition) is 0. The normalized spacial score (nSPS) is 21.9. The summed E-state index contributed by atoms with van der Waals surface area (Å²) in [5, 5.41) is 0. The van der Waals surface area contributed by atoms with Crippen molar-refractivity contribution in [2.75, 3.05) is 38.8 Å². The molecule has 1 aromatic carbocycles. The van der Waals surface area contributed by atoms with Crippen molar-refractivity contribution >= 4 is 11.7 Å². The molecule has 29 heavy (non-hydrogen) atoms. The van der Waals surface area contributed by atoms with E-state index in [1.54, 1.807) is 14.2 Å². The van der Waals surface area contributed by atoms with Crippen LogP contribution in [0, 0.1) is 5.92 Å². The van der Waals surface area contributed by atoms with Crippen molar-refractivity contribution < 1.29 is 14.3 Å². The fourth-order valence-corrected chi connectivity index (χ4v) is 4.61. The highest BCUT2D eigenvalue weighted by molar-refractivity contribution is 5.80. The zero-order valence-electron chi connectivity index (χ0n) is 17.2. The summed E-state index contributed by atoms with van der Waals surface area (Å²) in [5.41, 5.74) is 1.07. The maximum absolute atomic E-state index is 13.5. The van der Waals surface area contributed by atoms with Gasteiger partial charge >= 0.3 is 0 Å². The van der Waals surface area contributed by atoms with Gasteiger partial charge in [0.15, 0.2) is 0 Å².